The van der Waals surface area contributed by atoms with Gasteiger partial charge in [-0.15, -0.1) is 0 Å². The number of unbranched alkanes of at least 4 members (excludes halogenated alkanes) is 3. The van der Waals surface area contributed by atoms with E-state index in [1.807, 2.05) is 0 Å². The van der Waals surface area contributed by atoms with E-state index in [0.29, 0.717) is 6.04 Å². The minimum absolute atomic E-state index is 0.198. The molecule has 1 nitrogen and oxygen atoms in total. The van der Waals surface area contributed by atoms with E-state index in [9.17, 15) is 0 Å². The molecule has 1 N–H and O–H groups in total. The van der Waals surface area contributed by atoms with Crippen LogP contribution in [0.3, 0.4) is 0 Å². The highest BCUT2D eigenvalue weighted by Gasteiger charge is 2.29. The molecule has 0 bridgehead atoms. The maximum Gasteiger partial charge on any atom is 0.0159 e. The lowest BCUT2D eigenvalue weighted by Gasteiger charge is -2.36. The average molecular weight is 261 g/mol. The molecule has 0 aliphatic carbocycles. The highest BCUT2D eigenvalue weighted by Crippen LogP contribution is 2.29. The second kappa shape index (κ2) is 8.37. The van der Waals surface area contributed by atoms with E-state index in [-0.39, 0.29) is 5.41 Å². The number of hydrogen-bond acceptors (Lipinski definition) is 1. The van der Waals surface area contributed by atoms with Gasteiger partial charge in [-0.2, -0.15) is 0 Å². The lowest BCUT2D eigenvalue weighted by atomic mass is 9.75. The van der Waals surface area contributed by atoms with Gasteiger partial charge in [-0.3, -0.25) is 0 Å². The molecule has 0 saturated carbocycles. The summed E-state index contributed by atoms with van der Waals surface area (Å²) in [5, 5.41) is 3.70. The number of benzene rings is 1. The van der Waals surface area contributed by atoms with Crippen molar-refractivity contribution in [2.45, 2.75) is 71.3 Å². The predicted octanol–water partition coefficient (Wildman–Crippen LogP) is 4.91. The molecule has 0 fully saturated rings. The van der Waals surface area contributed by atoms with Crippen molar-refractivity contribution >= 4 is 0 Å². The summed E-state index contributed by atoms with van der Waals surface area (Å²) in [6.45, 7) is 10.3. The first-order chi connectivity index (χ1) is 9.12. The molecule has 1 unspecified atom stereocenters. The molecule has 1 rings (SSSR count). The zero-order chi connectivity index (χ0) is 14.1. The summed E-state index contributed by atoms with van der Waals surface area (Å²) in [5.74, 6) is 0. The Morgan fingerprint density at radius 1 is 1.00 bits per heavy atom. The van der Waals surface area contributed by atoms with Crippen molar-refractivity contribution < 1.29 is 0 Å². The van der Waals surface area contributed by atoms with Crippen molar-refractivity contribution in [1.82, 2.24) is 5.32 Å². The number of rotatable bonds is 9. The van der Waals surface area contributed by atoms with Crippen LogP contribution in [0.2, 0.25) is 0 Å². The van der Waals surface area contributed by atoms with Crippen LogP contribution in [0.25, 0.3) is 0 Å². The summed E-state index contributed by atoms with van der Waals surface area (Å²) >= 11 is 0. The first-order valence-electron chi connectivity index (χ1n) is 7.91. The van der Waals surface area contributed by atoms with Gasteiger partial charge in [0.15, 0.2) is 0 Å². The van der Waals surface area contributed by atoms with E-state index in [1.165, 1.54) is 37.7 Å². The quantitative estimate of drug-likeness (QED) is 0.623. The molecule has 1 aromatic carbocycles. The van der Waals surface area contributed by atoms with E-state index in [4.69, 9.17) is 0 Å². The van der Waals surface area contributed by atoms with Crippen LogP contribution in [0.5, 0.6) is 0 Å². The summed E-state index contributed by atoms with van der Waals surface area (Å²) < 4.78 is 0. The zero-order valence-electron chi connectivity index (χ0n) is 13.2. The summed E-state index contributed by atoms with van der Waals surface area (Å²) in [6, 6.07) is 11.5. The van der Waals surface area contributed by atoms with E-state index in [2.05, 4.69) is 63.3 Å². The summed E-state index contributed by atoms with van der Waals surface area (Å²) in [5.41, 5.74) is 1.64. The van der Waals surface area contributed by atoms with E-state index >= 15 is 0 Å². The standard InChI is InChI=1S/C18H31N/c1-5-7-8-12-15-17(19-6-2)18(3,4)16-13-10-9-11-14-16/h9-11,13-14,17,19H,5-8,12,15H2,1-4H3. The van der Waals surface area contributed by atoms with Crippen LogP contribution < -0.4 is 5.32 Å². The average Bonchev–Trinajstić information content (AvgIpc) is 2.43. The fourth-order valence-electron chi connectivity index (χ4n) is 2.81. The molecule has 0 spiro atoms. The molecule has 19 heavy (non-hydrogen) atoms. The van der Waals surface area contributed by atoms with Gasteiger partial charge in [0.1, 0.15) is 0 Å². The smallest absolute Gasteiger partial charge is 0.0159 e. The lowest BCUT2D eigenvalue weighted by Crippen LogP contribution is -2.44. The zero-order valence-corrected chi connectivity index (χ0v) is 13.2. The van der Waals surface area contributed by atoms with Crippen LogP contribution in [0.4, 0.5) is 0 Å². The van der Waals surface area contributed by atoms with Gasteiger partial charge in [-0.05, 0) is 18.5 Å². The Bertz CT molecular complexity index is 329. The minimum atomic E-state index is 0.198. The van der Waals surface area contributed by atoms with Gasteiger partial charge in [0, 0.05) is 11.5 Å². The van der Waals surface area contributed by atoms with Crippen molar-refractivity contribution in [2.24, 2.45) is 0 Å². The molecular weight excluding hydrogens is 230 g/mol. The molecular formula is C18H31N. The molecule has 0 amide bonds. The van der Waals surface area contributed by atoms with Crippen LogP contribution >= 0.6 is 0 Å². The van der Waals surface area contributed by atoms with Crippen LogP contribution in [-0.4, -0.2) is 12.6 Å². The minimum Gasteiger partial charge on any atom is -0.313 e. The summed E-state index contributed by atoms with van der Waals surface area (Å²) in [6.07, 6.45) is 6.65. The highest BCUT2D eigenvalue weighted by atomic mass is 14.9. The van der Waals surface area contributed by atoms with Crippen molar-refractivity contribution in [2.75, 3.05) is 6.54 Å². The number of hydrogen-bond donors (Lipinski definition) is 1. The van der Waals surface area contributed by atoms with Gasteiger partial charge < -0.3 is 5.32 Å². The first-order valence-corrected chi connectivity index (χ1v) is 7.91. The Balaban J connectivity index is 2.67. The Labute approximate surface area is 119 Å². The molecule has 0 heterocycles. The number of nitrogens with one attached hydrogen (secondary N) is 1. The molecule has 0 aliphatic heterocycles. The maximum atomic E-state index is 3.70. The van der Waals surface area contributed by atoms with Crippen molar-refractivity contribution in [3.05, 3.63) is 35.9 Å². The fraction of sp³-hybridized carbons (Fsp3) is 0.667. The third-order valence-corrected chi connectivity index (χ3v) is 4.19. The van der Waals surface area contributed by atoms with E-state index < -0.39 is 0 Å². The molecule has 108 valence electrons. The Kier molecular flexibility index (Phi) is 7.15. The summed E-state index contributed by atoms with van der Waals surface area (Å²) in [7, 11) is 0. The Morgan fingerprint density at radius 2 is 1.68 bits per heavy atom. The molecule has 1 atom stereocenters. The SMILES string of the molecule is CCCCCCC(NCC)C(C)(C)c1ccccc1. The second-order valence-corrected chi connectivity index (χ2v) is 6.05. The van der Waals surface area contributed by atoms with Crippen LogP contribution in [-0.2, 0) is 5.41 Å². The third-order valence-electron chi connectivity index (χ3n) is 4.19. The van der Waals surface area contributed by atoms with Crippen LogP contribution in [0.1, 0.15) is 65.4 Å². The molecule has 0 saturated heterocycles. The van der Waals surface area contributed by atoms with Gasteiger partial charge in [0.2, 0.25) is 0 Å². The third kappa shape index (κ3) is 4.99. The molecule has 0 aromatic heterocycles. The second-order valence-electron chi connectivity index (χ2n) is 6.05. The van der Waals surface area contributed by atoms with Gasteiger partial charge in [-0.1, -0.05) is 83.7 Å². The van der Waals surface area contributed by atoms with Crippen LogP contribution in [0.15, 0.2) is 30.3 Å². The van der Waals surface area contributed by atoms with Crippen LogP contribution in [0, 0.1) is 0 Å². The van der Waals surface area contributed by atoms with Gasteiger partial charge in [-0.25, -0.2) is 0 Å². The first kappa shape index (κ1) is 16.2. The van der Waals surface area contributed by atoms with Gasteiger partial charge in [0.25, 0.3) is 0 Å². The lowest BCUT2D eigenvalue weighted by molar-refractivity contribution is 0.318. The predicted molar refractivity (Wildman–Crippen MR) is 85.7 cm³/mol. The van der Waals surface area contributed by atoms with Gasteiger partial charge in [0.05, 0.1) is 0 Å². The highest BCUT2D eigenvalue weighted by molar-refractivity contribution is 5.25. The Morgan fingerprint density at radius 3 is 2.26 bits per heavy atom. The topological polar surface area (TPSA) is 12.0 Å². The Hall–Kier alpha value is -0.820. The van der Waals surface area contributed by atoms with E-state index in [0.717, 1.165) is 6.54 Å². The normalized spacial score (nSPS) is 13.5. The molecule has 0 radical (unpaired) electrons. The van der Waals surface area contributed by atoms with Gasteiger partial charge >= 0.3 is 0 Å². The molecule has 1 heteroatoms. The summed E-state index contributed by atoms with van der Waals surface area (Å²) in [4.78, 5) is 0. The van der Waals surface area contributed by atoms with Crippen molar-refractivity contribution in [3.63, 3.8) is 0 Å². The van der Waals surface area contributed by atoms with Crippen molar-refractivity contribution in [3.8, 4) is 0 Å². The monoisotopic (exact) mass is 261 g/mol. The fourth-order valence-corrected chi connectivity index (χ4v) is 2.81. The van der Waals surface area contributed by atoms with E-state index in [1.54, 1.807) is 0 Å². The number of likely N-dealkylation sites (N-methyl/N-ethyl adjacent to an activating group) is 1. The molecule has 0 aliphatic rings. The molecule has 1 aromatic rings. The van der Waals surface area contributed by atoms with Crippen molar-refractivity contribution in [1.29, 1.82) is 0 Å². The largest absolute Gasteiger partial charge is 0.313 e. The maximum absolute atomic E-state index is 3.70.